The summed E-state index contributed by atoms with van der Waals surface area (Å²) in [4.78, 5) is 21.9. The number of hydrogen-bond acceptors (Lipinski definition) is 6. The molecule has 2 aromatic heterocycles. The van der Waals surface area contributed by atoms with E-state index in [9.17, 15) is 4.79 Å². The number of amides is 1. The van der Waals surface area contributed by atoms with Crippen LogP contribution in [0.3, 0.4) is 0 Å². The lowest BCUT2D eigenvalue weighted by molar-refractivity contribution is -0.119. The maximum absolute atomic E-state index is 11.1. The number of anilines is 1. The van der Waals surface area contributed by atoms with E-state index in [1.165, 1.54) is 6.92 Å². The van der Waals surface area contributed by atoms with Gasteiger partial charge in [-0.2, -0.15) is 10.1 Å². The van der Waals surface area contributed by atoms with Gasteiger partial charge in [-0.25, -0.2) is 4.98 Å². The minimum absolute atomic E-state index is 0.0463. The Labute approximate surface area is 134 Å². The number of carbonyl (C=O) groups is 1. The van der Waals surface area contributed by atoms with Crippen LogP contribution in [0.15, 0.2) is 18.5 Å². The molecule has 0 saturated carbocycles. The Hall–Kier alpha value is -2.64. The highest BCUT2D eigenvalue weighted by molar-refractivity contribution is 5.72. The molecule has 8 nitrogen and oxygen atoms in total. The van der Waals surface area contributed by atoms with Gasteiger partial charge in [0.25, 0.3) is 0 Å². The predicted octanol–water partition coefficient (Wildman–Crippen LogP) is 0.838. The van der Waals surface area contributed by atoms with Crippen molar-refractivity contribution in [1.29, 1.82) is 0 Å². The maximum Gasteiger partial charge on any atom is 0.228 e. The molecular weight excluding hydrogens is 296 g/mol. The second-order valence-electron chi connectivity index (χ2n) is 5.55. The Morgan fingerprint density at radius 1 is 1.57 bits per heavy atom. The van der Waals surface area contributed by atoms with Gasteiger partial charge in [0.15, 0.2) is 0 Å². The molecule has 1 fully saturated rings. The van der Waals surface area contributed by atoms with Gasteiger partial charge in [0, 0.05) is 56.0 Å². The van der Waals surface area contributed by atoms with Gasteiger partial charge in [-0.1, -0.05) is 0 Å². The zero-order chi connectivity index (χ0) is 16.2. The first-order chi connectivity index (χ1) is 11.2. The second-order valence-corrected chi connectivity index (χ2v) is 5.55. The van der Waals surface area contributed by atoms with E-state index in [1.54, 1.807) is 25.6 Å². The van der Waals surface area contributed by atoms with Crippen molar-refractivity contribution in [3.63, 3.8) is 0 Å². The summed E-state index contributed by atoms with van der Waals surface area (Å²) in [6.45, 7) is 3.68. The molecule has 8 heteroatoms. The van der Waals surface area contributed by atoms with Crippen LogP contribution in [0.4, 0.5) is 5.95 Å². The van der Waals surface area contributed by atoms with Crippen LogP contribution < -0.4 is 15.0 Å². The number of H-pyrrole nitrogens is 1. The number of rotatable bonds is 5. The fourth-order valence-electron chi connectivity index (χ4n) is 2.81. The summed E-state index contributed by atoms with van der Waals surface area (Å²) < 4.78 is 5.15. The van der Waals surface area contributed by atoms with Crippen molar-refractivity contribution < 1.29 is 9.53 Å². The summed E-state index contributed by atoms with van der Waals surface area (Å²) in [5.74, 6) is 1.51. The molecular formula is C15H20N6O2. The van der Waals surface area contributed by atoms with Crippen LogP contribution >= 0.6 is 0 Å². The molecule has 23 heavy (non-hydrogen) atoms. The maximum atomic E-state index is 11.1. The van der Waals surface area contributed by atoms with E-state index < -0.39 is 0 Å². The van der Waals surface area contributed by atoms with Gasteiger partial charge >= 0.3 is 0 Å². The molecule has 1 amide bonds. The monoisotopic (exact) mass is 316 g/mol. The summed E-state index contributed by atoms with van der Waals surface area (Å²) in [5, 5.41) is 10.0. The Balaban J connectivity index is 1.70. The lowest BCUT2D eigenvalue weighted by atomic mass is 10.0. The lowest BCUT2D eigenvalue weighted by Crippen LogP contribution is -2.23. The molecule has 2 aromatic rings. The third-order valence-corrected chi connectivity index (χ3v) is 3.98. The van der Waals surface area contributed by atoms with Crippen molar-refractivity contribution in [2.75, 3.05) is 25.1 Å². The van der Waals surface area contributed by atoms with E-state index >= 15 is 0 Å². The number of ether oxygens (including phenoxy) is 1. The van der Waals surface area contributed by atoms with E-state index in [0.29, 0.717) is 24.3 Å². The normalized spacial score (nSPS) is 17.3. The Morgan fingerprint density at radius 2 is 2.43 bits per heavy atom. The van der Waals surface area contributed by atoms with E-state index in [4.69, 9.17) is 4.74 Å². The van der Waals surface area contributed by atoms with Gasteiger partial charge in [0.05, 0.1) is 13.3 Å². The SMILES string of the molecule is COc1ccnc(N2CCC(c3[nH]ncc3CNC(C)=O)C2)n1. The topological polar surface area (TPSA) is 96.0 Å². The molecule has 0 aliphatic carbocycles. The van der Waals surface area contributed by atoms with E-state index in [2.05, 4.69) is 30.4 Å². The molecule has 1 aliphatic heterocycles. The summed E-state index contributed by atoms with van der Waals surface area (Å²) in [6, 6.07) is 1.73. The lowest BCUT2D eigenvalue weighted by Gasteiger charge is -2.16. The van der Waals surface area contributed by atoms with E-state index in [0.717, 1.165) is 30.8 Å². The average molecular weight is 316 g/mol. The van der Waals surface area contributed by atoms with Crippen LogP contribution in [0.1, 0.15) is 30.5 Å². The number of nitrogens with one attached hydrogen (secondary N) is 2. The number of carbonyl (C=O) groups excluding carboxylic acids is 1. The average Bonchev–Trinajstić information content (AvgIpc) is 3.21. The third kappa shape index (κ3) is 3.41. The smallest absolute Gasteiger partial charge is 0.228 e. The molecule has 3 heterocycles. The summed E-state index contributed by atoms with van der Waals surface area (Å²) in [5.41, 5.74) is 2.10. The van der Waals surface area contributed by atoms with Crippen LogP contribution in [-0.2, 0) is 11.3 Å². The van der Waals surface area contributed by atoms with Crippen LogP contribution in [0.25, 0.3) is 0 Å². The molecule has 0 spiro atoms. The molecule has 0 aromatic carbocycles. The van der Waals surface area contributed by atoms with Gasteiger partial charge in [-0.05, 0) is 6.42 Å². The summed E-state index contributed by atoms with van der Waals surface area (Å²) >= 11 is 0. The largest absolute Gasteiger partial charge is 0.481 e. The number of methoxy groups -OCH3 is 1. The van der Waals surface area contributed by atoms with Crippen molar-refractivity contribution in [3.05, 3.63) is 29.7 Å². The van der Waals surface area contributed by atoms with Crippen LogP contribution in [0, 0.1) is 0 Å². The van der Waals surface area contributed by atoms with Crippen LogP contribution in [0.2, 0.25) is 0 Å². The fourth-order valence-corrected chi connectivity index (χ4v) is 2.81. The quantitative estimate of drug-likeness (QED) is 0.848. The van der Waals surface area contributed by atoms with Gasteiger partial charge < -0.3 is 15.0 Å². The molecule has 2 N–H and O–H groups in total. The molecule has 122 valence electrons. The number of nitrogens with zero attached hydrogens (tertiary/aromatic N) is 4. The van der Waals surface area contributed by atoms with Gasteiger partial charge in [0.2, 0.25) is 17.7 Å². The minimum atomic E-state index is -0.0463. The molecule has 1 unspecified atom stereocenters. The standard InChI is InChI=1S/C15H20N6O2/c1-10(22)17-7-12-8-18-20-14(12)11-4-6-21(9-11)15-16-5-3-13(19-15)23-2/h3,5,8,11H,4,6-7,9H2,1-2H3,(H,17,22)(H,18,20). The summed E-state index contributed by atoms with van der Waals surface area (Å²) in [7, 11) is 1.60. The van der Waals surface area contributed by atoms with E-state index in [-0.39, 0.29) is 5.91 Å². The van der Waals surface area contributed by atoms with Crippen LogP contribution in [0.5, 0.6) is 5.88 Å². The minimum Gasteiger partial charge on any atom is -0.481 e. The second kappa shape index (κ2) is 6.64. The molecule has 0 radical (unpaired) electrons. The fraction of sp³-hybridized carbons (Fsp3) is 0.467. The first kappa shape index (κ1) is 15.3. The molecule has 1 atom stereocenters. The van der Waals surface area contributed by atoms with Crippen molar-refractivity contribution >= 4 is 11.9 Å². The first-order valence-electron chi connectivity index (χ1n) is 7.56. The van der Waals surface area contributed by atoms with Gasteiger partial charge in [-0.3, -0.25) is 9.89 Å². The van der Waals surface area contributed by atoms with Gasteiger partial charge in [-0.15, -0.1) is 0 Å². The Morgan fingerprint density at radius 3 is 3.22 bits per heavy atom. The zero-order valence-corrected chi connectivity index (χ0v) is 13.2. The summed E-state index contributed by atoms with van der Waals surface area (Å²) in [6.07, 6.45) is 4.46. The van der Waals surface area contributed by atoms with Crippen molar-refractivity contribution in [2.45, 2.75) is 25.8 Å². The van der Waals surface area contributed by atoms with Crippen molar-refractivity contribution in [1.82, 2.24) is 25.5 Å². The third-order valence-electron chi connectivity index (χ3n) is 3.98. The van der Waals surface area contributed by atoms with Gasteiger partial charge in [0.1, 0.15) is 0 Å². The first-order valence-corrected chi connectivity index (χ1v) is 7.56. The molecule has 3 rings (SSSR count). The highest BCUT2D eigenvalue weighted by Gasteiger charge is 2.28. The van der Waals surface area contributed by atoms with E-state index in [1.807, 2.05) is 0 Å². The predicted molar refractivity (Wildman–Crippen MR) is 84.3 cm³/mol. The van der Waals surface area contributed by atoms with Crippen molar-refractivity contribution in [2.24, 2.45) is 0 Å². The highest BCUT2D eigenvalue weighted by Crippen LogP contribution is 2.30. The number of hydrogen-bond donors (Lipinski definition) is 2. The zero-order valence-electron chi connectivity index (χ0n) is 13.2. The molecule has 1 saturated heterocycles. The van der Waals surface area contributed by atoms with Crippen LogP contribution in [-0.4, -0.2) is 46.3 Å². The number of aromatic nitrogens is 4. The molecule has 1 aliphatic rings. The van der Waals surface area contributed by atoms with Crippen molar-refractivity contribution in [3.8, 4) is 5.88 Å². The molecule has 0 bridgehead atoms. The highest BCUT2D eigenvalue weighted by atomic mass is 16.5. The number of aromatic amines is 1. The Kier molecular flexibility index (Phi) is 4.40. The Bertz CT molecular complexity index is 686.